The van der Waals surface area contributed by atoms with E-state index in [-0.39, 0.29) is 24.4 Å². The summed E-state index contributed by atoms with van der Waals surface area (Å²) in [6.45, 7) is 0.0959. The molecule has 1 heterocycles. The summed E-state index contributed by atoms with van der Waals surface area (Å²) in [6, 6.07) is 8.23. The minimum absolute atomic E-state index is 0.0840. The fraction of sp³-hybridized carbons (Fsp3) is 0.429. The number of benzene rings is 1. The molecule has 2 aromatic rings. The van der Waals surface area contributed by atoms with Gasteiger partial charge < -0.3 is 14.6 Å². The van der Waals surface area contributed by atoms with Crippen molar-refractivity contribution in [2.75, 3.05) is 5.88 Å². The highest BCUT2D eigenvalue weighted by Crippen LogP contribution is 2.26. The zero-order valence-corrected chi connectivity index (χ0v) is 16.3. The number of carbonyl (C=O) groups is 2. The predicted molar refractivity (Wildman–Crippen MR) is 104 cm³/mol. The number of hydrogen-bond acceptors (Lipinski definition) is 3. The fourth-order valence-electron chi connectivity index (χ4n) is 3.62. The van der Waals surface area contributed by atoms with Crippen molar-refractivity contribution in [2.24, 2.45) is 0 Å². The lowest BCUT2D eigenvalue weighted by Gasteiger charge is -2.32. The van der Waals surface area contributed by atoms with Gasteiger partial charge in [0.25, 0.3) is 0 Å². The number of carbonyl (C=O) groups excluding carboxylic acids is 2. The maximum atomic E-state index is 13.4. The van der Waals surface area contributed by atoms with Crippen molar-refractivity contribution in [1.29, 1.82) is 0 Å². The van der Waals surface area contributed by atoms with E-state index >= 15 is 0 Å². The second kappa shape index (κ2) is 9.73. The van der Waals surface area contributed by atoms with Crippen LogP contribution in [0.2, 0.25) is 0 Å². The third-order valence-electron chi connectivity index (χ3n) is 5.04. The Hall–Kier alpha value is -2.34. The van der Waals surface area contributed by atoms with Gasteiger partial charge in [-0.25, -0.2) is 4.39 Å². The van der Waals surface area contributed by atoms with Crippen LogP contribution >= 0.6 is 11.6 Å². The first-order valence-electron chi connectivity index (χ1n) is 9.52. The van der Waals surface area contributed by atoms with E-state index in [1.807, 2.05) is 0 Å². The van der Waals surface area contributed by atoms with E-state index in [1.54, 1.807) is 12.1 Å². The van der Waals surface area contributed by atoms with Crippen LogP contribution in [0.3, 0.4) is 0 Å². The lowest BCUT2D eigenvalue weighted by Crippen LogP contribution is -2.47. The molecule has 0 aliphatic heterocycles. The largest absolute Gasteiger partial charge is 0.467 e. The first-order valence-corrected chi connectivity index (χ1v) is 10.1. The van der Waals surface area contributed by atoms with E-state index in [2.05, 4.69) is 5.32 Å². The molecule has 1 aliphatic carbocycles. The standard InChI is InChI=1S/C21H24ClFN2O3/c22-13-19(26)25(14-18-7-4-12-28-18)20(15-8-10-16(23)11-9-15)21(27)24-17-5-2-1-3-6-17/h4,7-12,17,20H,1-3,5-6,13-14H2,(H,24,27)/t20-/m1/s1. The Balaban J connectivity index is 1.90. The average molecular weight is 407 g/mol. The molecule has 0 saturated heterocycles. The topological polar surface area (TPSA) is 62.6 Å². The molecule has 0 radical (unpaired) electrons. The van der Waals surface area contributed by atoms with E-state index in [4.69, 9.17) is 16.0 Å². The zero-order valence-electron chi connectivity index (χ0n) is 15.6. The van der Waals surface area contributed by atoms with Crippen LogP contribution in [0.4, 0.5) is 4.39 Å². The van der Waals surface area contributed by atoms with Gasteiger partial charge in [0.15, 0.2) is 0 Å². The quantitative estimate of drug-likeness (QED) is 0.702. The van der Waals surface area contributed by atoms with E-state index in [9.17, 15) is 14.0 Å². The summed E-state index contributed by atoms with van der Waals surface area (Å²) in [5, 5.41) is 3.07. The van der Waals surface area contributed by atoms with Crippen LogP contribution < -0.4 is 5.32 Å². The van der Waals surface area contributed by atoms with Gasteiger partial charge in [-0.2, -0.15) is 0 Å². The van der Waals surface area contributed by atoms with Gasteiger partial charge in [0.1, 0.15) is 23.5 Å². The molecule has 1 aromatic heterocycles. The lowest BCUT2D eigenvalue weighted by atomic mass is 9.94. The highest BCUT2D eigenvalue weighted by atomic mass is 35.5. The number of nitrogens with one attached hydrogen (secondary N) is 1. The summed E-state index contributed by atoms with van der Waals surface area (Å²) in [4.78, 5) is 27.2. The van der Waals surface area contributed by atoms with Gasteiger partial charge in [0, 0.05) is 6.04 Å². The monoisotopic (exact) mass is 406 g/mol. The van der Waals surface area contributed by atoms with Gasteiger partial charge in [-0.1, -0.05) is 31.4 Å². The van der Waals surface area contributed by atoms with Crippen molar-refractivity contribution in [3.05, 3.63) is 59.8 Å². The minimum atomic E-state index is -0.918. The maximum absolute atomic E-state index is 13.4. The van der Waals surface area contributed by atoms with E-state index in [1.165, 1.54) is 41.8 Å². The Morgan fingerprint density at radius 3 is 2.50 bits per heavy atom. The van der Waals surface area contributed by atoms with E-state index in [0.717, 1.165) is 25.7 Å². The Morgan fingerprint density at radius 1 is 1.18 bits per heavy atom. The predicted octanol–water partition coefficient (Wildman–Crippen LogP) is 4.18. The number of furan rings is 1. The number of hydrogen-bond donors (Lipinski definition) is 1. The average Bonchev–Trinajstić information content (AvgIpc) is 3.22. The van der Waals surface area contributed by atoms with Gasteiger partial charge in [-0.3, -0.25) is 9.59 Å². The Bertz CT molecular complexity index is 773. The molecule has 0 unspecified atom stereocenters. The molecule has 1 atom stereocenters. The summed E-state index contributed by atoms with van der Waals surface area (Å²) in [5.41, 5.74) is 0.528. The molecule has 28 heavy (non-hydrogen) atoms. The van der Waals surface area contributed by atoms with Crippen LogP contribution in [0.25, 0.3) is 0 Å². The van der Waals surface area contributed by atoms with Crippen LogP contribution in [-0.2, 0) is 16.1 Å². The second-order valence-corrected chi connectivity index (χ2v) is 7.30. The number of alkyl halides is 1. The molecule has 5 nitrogen and oxygen atoms in total. The van der Waals surface area contributed by atoms with Gasteiger partial charge in [-0.05, 0) is 42.7 Å². The number of halogens is 2. The molecule has 2 amide bonds. The van der Waals surface area contributed by atoms with Crippen LogP contribution in [0.5, 0.6) is 0 Å². The van der Waals surface area contributed by atoms with Crippen LogP contribution in [0.15, 0.2) is 47.1 Å². The lowest BCUT2D eigenvalue weighted by molar-refractivity contribution is -0.140. The molecule has 1 N–H and O–H groups in total. The highest BCUT2D eigenvalue weighted by molar-refractivity contribution is 6.27. The normalized spacial score (nSPS) is 15.8. The molecule has 1 fully saturated rings. The molecule has 0 bridgehead atoms. The van der Waals surface area contributed by atoms with Gasteiger partial charge >= 0.3 is 0 Å². The summed E-state index contributed by atoms with van der Waals surface area (Å²) < 4.78 is 18.8. The Kier molecular flexibility index (Phi) is 7.09. The summed E-state index contributed by atoms with van der Waals surface area (Å²) in [7, 11) is 0. The molecule has 1 aliphatic rings. The molecule has 150 valence electrons. The molecular formula is C21H24ClFN2O3. The minimum Gasteiger partial charge on any atom is -0.467 e. The van der Waals surface area contributed by atoms with Crippen molar-refractivity contribution in [1.82, 2.24) is 10.2 Å². The molecule has 1 saturated carbocycles. The van der Waals surface area contributed by atoms with Crippen molar-refractivity contribution < 1.29 is 18.4 Å². The number of nitrogens with zero attached hydrogens (tertiary/aromatic N) is 1. The molecule has 0 spiro atoms. The first kappa shape index (κ1) is 20.4. The van der Waals surface area contributed by atoms with Gasteiger partial charge in [0.05, 0.1) is 12.8 Å². The fourth-order valence-corrected chi connectivity index (χ4v) is 3.77. The SMILES string of the molecule is O=C(NC1CCCCC1)[C@@H](c1ccc(F)cc1)N(Cc1ccco1)C(=O)CCl. The first-order chi connectivity index (χ1) is 13.6. The van der Waals surface area contributed by atoms with Crippen LogP contribution in [0.1, 0.15) is 49.5 Å². The summed E-state index contributed by atoms with van der Waals surface area (Å²) >= 11 is 5.83. The highest BCUT2D eigenvalue weighted by Gasteiger charge is 2.33. The van der Waals surface area contributed by atoms with Crippen LogP contribution in [0, 0.1) is 5.82 Å². The van der Waals surface area contributed by atoms with Crippen molar-refractivity contribution in [3.8, 4) is 0 Å². The molecule has 7 heteroatoms. The van der Waals surface area contributed by atoms with Crippen LogP contribution in [-0.4, -0.2) is 28.6 Å². The Labute approximate surface area is 168 Å². The summed E-state index contributed by atoms with van der Waals surface area (Å²) in [5.74, 6) is -0.822. The van der Waals surface area contributed by atoms with E-state index in [0.29, 0.717) is 11.3 Å². The van der Waals surface area contributed by atoms with Crippen molar-refractivity contribution in [3.63, 3.8) is 0 Å². The maximum Gasteiger partial charge on any atom is 0.247 e. The van der Waals surface area contributed by atoms with Gasteiger partial charge in [-0.15, -0.1) is 11.6 Å². The Morgan fingerprint density at radius 2 is 1.89 bits per heavy atom. The van der Waals surface area contributed by atoms with E-state index < -0.39 is 17.8 Å². The zero-order chi connectivity index (χ0) is 19.9. The molecular weight excluding hydrogens is 383 g/mol. The third kappa shape index (κ3) is 5.13. The molecule has 3 rings (SSSR count). The van der Waals surface area contributed by atoms with Gasteiger partial charge in [0.2, 0.25) is 11.8 Å². The number of amides is 2. The third-order valence-corrected chi connectivity index (χ3v) is 5.27. The van der Waals surface area contributed by atoms with Crippen molar-refractivity contribution in [2.45, 2.75) is 50.7 Å². The molecule has 1 aromatic carbocycles. The number of rotatable bonds is 7. The smallest absolute Gasteiger partial charge is 0.247 e. The van der Waals surface area contributed by atoms with Crippen molar-refractivity contribution >= 4 is 23.4 Å². The summed E-state index contributed by atoms with van der Waals surface area (Å²) in [6.07, 6.45) is 6.66. The second-order valence-electron chi connectivity index (χ2n) is 7.03.